The molecule has 0 aliphatic carbocycles. The standard InChI is InChI=1S/C31H28N4O2.C27H26N4O2/c36-31(33-25-11-9-22-5-1-2-6-23(22)19-25)34-30-14-13-27(28-7-3-4-8-29(28)30)24-10-12-26(32-20-24)21-35-15-17-37-18-16-35;32-27(29-21-6-2-1-3-7-21)30-26-13-12-23(24-8-4-5-9-25(24)26)20-10-11-22(28-18-20)19-31-14-16-33-17-15-31/h1-14,19-20H,15-18,21H2,(H2,33,34,36);1-13,18H,14-17,19H2,(H2,29,30,32). The van der Waals surface area contributed by atoms with E-state index in [9.17, 15) is 9.59 Å². The van der Waals surface area contributed by atoms with Crippen LogP contribution in [0.4, 0.5) is 32.3 Å². The summed E-state index contributed by atoms with van der Waals surface area (Å²) in [5, 5.41) is 18.2. The highest BCUT2D eigenvalue weighted by Gasteiger charge is 2.16. The van der Waals surface area contributed by atoms with Crippen molar-refractivity contribution in [3.05, 3.63) is 194 Å². The molecule has 0 saturated carbocycles. The van der Waals surface area contributed by atoms with E-state index in [1.165, 1.54) is 0 Å². The molecule has 4 N–H and O–H groups in total. The average molecular weight is 927 g/mol. The Hall–Kier alpha value is -8.00. The molecule has 70 heavy (non-hydrogen) atoms. The molecule has 0 unspecified atom stereocenters. The zero-order chi connectivity index (χ0) is 47.5. The van der Waals surface area contributed by atoms with Crippen molar-refractivity contribution in [2.24, 2.45) is 0 Å². The second kappa shape index (κ2) is 22.0. The minimum atomic E-state index is -0.276. The number of anilines is 4. The highest BCUT2D eigenvalue weighted by atomic mass is 16.5. The maximum atomic E-state index is 12.9. The third-order valence-electron chi connectivity index (χ3n) is 12.6. The number of hydrogen-bond acceptors (Lipinski definition) is 8. The van der Waals surface area contributed by atoms with Crippen LogP contribution in [0.3, 0.4) is 0 Å². The molecule has 2 aromatic heterocycles. The van der Waals surface area contributed by atoms with Gasteiger partial charge in [0, 0.05) is 84.9 Å². The maximum Gasteiger partial charge on any atom is 0.323 e. The lowest BCUT2D eigenvalue weighted by molar-refractivity contribution is 0.0336. The Bertz CT molecular complexity index is 3230. The van der Waals surface area contributed by atoms with Gasteiger partial charge in [-0.05, 0) is 81.2 Å². The van der Waals surface area contributed by atoms with Crippen LogP contribution in [0.15, 0.2) is 182 Å². The summed E-state index contributed by atoms with van der Waals surface area (Å²) < 4.78 is 10.9. The van der Waals surface area contributed by atoms with Crippen LogP contribution >= 0.6 is 0 Å². The fraction of sp³-hybridized carbons (Fsp3) is 0.172. The molecule has 4 heterocycles. The van der Waals surface area contributed by atoms with Crippen LogP contribution in [-0.2, 0) is 22.6 Å². The molecule has 12 nitrogen and oxygen atoms in total. The molecule has 0 radical (unpaired) electrons. The largest absolute Gasteiger partial charge is 0.379 e. The minimum Gasteiger partial charge on any atom is -0.379 e. The summed E-state index contributed by atoms with van der Waals surface area (Å²) in [5.74, 6) is 0. The highest BCUT2D eigenvalue weighted by molar-refractivity contribution is 6.11. The number of morpholine rings is 2. The Morgan fingerprint density at radius 3 is 1.39 bits per heavy atom. The number of nitrogens with one attached hydrogen (secondary N) is 4. The van der Waals surface area contributed by atoms with E-state index < -0.39 is 0 Å². The number of rotatable bonds is 10. The maximum absolute atomic E-state index is 12.9. The van der Waals surface area contributed by atoms with Gasteiger partial charge in [0.2, 0.25) is 0 Å². The topological polar surface area (TPSA) is 133 Å². The Labute approximate surface area is 407 Å². The van der Waals surface area contributed by atoms with E-state index in [4.69, 9.17) is 19.4 Å². The molecule has 0 atom stereocenters. The number of carbonyl (C=O) groups excluding carboxylic acids is 2. The van der Waals surface area contributed by atoms with Crippen molar-refractivity contribution in [3.8, 4) is 22.3 Å². The summed E-state index contributed by atoms with van der Waals surface area (Å²) in [7, 11) is 0. The number of amides is 4. The molecule has 0 bridgehead atoms. The smallest absolute Gasteiger partial charge is 0.323 e. The van der Waals surface area contributed by atoms with Crippen LogP contribution < -0.4 is 21.3 Å². The van der Waals surface area contributed by atoms with Gasteiger partial charge >= 0.3 is 12.1 Å². The molecular weight excluding hydrogens is 873 g/mol. The Kier molecular flexibility index (Phi) is 14.4. The van der Waals surface area contributed by atoms with E-state index in [1.807, 2.05) is 140 Å². The third-order valence-corrected chi connectivity index (χ3v) is 12.6. The first-order valence-corrected chi connectivity index (χ1v) is 23.7. The molecule has 11 rings (SSSR count). The molecular formula is C58H54N8O4. The van der Waals surface area contributed by atoms with Crippen molar-refractivity contribution in [2.75, 3.05) is 73.9 Å². The van der Waals surface area contributed by atoms with E-state index in [0.29, 0.717) is 0 Å². The molecule has 350 valence electrons. The van der Waals surface area contributed by atoms with Crippen molar-refractivity contribution in [2.45, 2.75) is 13.1 Å². The zero-order valence-electron chi connectivity index (χ0n) is 38.8. The molecule has 2 saturated heterocycles. The number of aromatic nitrogens is 2. The quantitative estimate of drug-likeness (QED) is 0.107. The number of pyridine rings is 2. The number of para-hydroxylation sites is 1. The number of hydrogen-bond donors (Lipinski definition) is 4. The number of benzene rings is 7. The van der Waals surface area contributed by atoms with Crippen LogP contribution in [0.5, 0.6) is 0 Å². The summed E-state index contributed by atoms with van der Waals surface area (Å²) >= 11 is 0. The highest BCUT2D eigenvalue weighted by Crippen LogP contribution is 2.35. The number of urea groups is 2. The first-order chi connectivity index (χ1) is 34.5. The van der Waals surface area contributed by atoms with Crippen LogP contribution in [0.1, 0.15) is 11.4 Å². The minimum absolute atomic E-state index is 0.270. The van der Waals surface area contributed by atoms with Crippen molar-refractivity contribution < 1.29 is 19.1 Å². The third kappa shape index (κ3) is 11.3. The van der Waals surface area contributed by atoms with E-state index in [2.05, 4.69) is 73.5 Å². The molecule has 0 spiro atoms. The van der Waals surface area contributed by atoms with Crippen molar-refractivity contribution in [3.63, 3.8) is 0 Å². The first-order valence-electron chi connectivity index (χ1n) is 23.7. The van der Waals surface area contributed by atoms with Gasteiger partial charge in [0.1, 0.15) is 0 Å². The Morgan fingerprint density at radius 1 is 0.429 bits per heavy atom. The summed E-state index contributed by atoms with van der Waals surface area (Å²) in [6, 6.07) is 55.5. The Morgan fingerprint density at radius 2 is 0.886 bits per heavy atom. The van der Waals surface area contributed by atoms with Crippen LogP contribution in [0.25, 0.3) is 54.6 Å². The van der Waals surface area contributed by atoms with Gasteiger partial charge in [0.25, 0.3) is 0 Å². The molecule has 12 heteroatoms. The van der Waals surface area contributed by atoms with Crippen LogP contribution in [-0.4, -0.2) is 84.4 Å². The number of ether oxygens (including phenoxy) is 2. The van der Waals surface area contributed by atoms with Crippen molar-refractivity contribution in [1.29, 1.82) is 0 Å². The number of carbonyl (C=O) groups is 2. The fourth-order valence-corrected chi connectivity index (χ4v) is 9.01. The van der Waals surface area contributed by atoms with E-state index >= 15 is 0 Å². The summed E-state index contributed by atoms with van der Waals surface area (Å²) in [6.07, 6.45) is 3.88. The molecule has 4 amide bonds. The van der Waals surface area contributed by atoms with E-state index in [0.717, 1.165) is 154 Å². The Balaban J connectivity index is 0.000000163. The van der Waals surface area contributed by atoms with Gasteiger partial charge in [0.15, 0.2) is 0 Å². The lowest BCUT2D eigenvalue weighted by atomic mass is 9.98. The van der Waals surface area contributed by atoms with Gasteiger partial charge in [-0.25, -0.2) is 9.59 Å². The van der Waals surface area contributed by atoms with Gasteiger partial charge in [-0.15, -0.1) is 0 Å². The van der Waals surface area contributed by atoms with Crippen LogP contribution in [0, 0.1) is 0 Å². The van der Waals surface area contributed by atoms with E-state index in [1.54, 1.807) is 0 Å². The molecule has 2 aliphatic heterocycles. The fourth-order valence-electron chi connectivity index (χ4n) is 9.01. The van der Waals surface area contributed by atoms with Gasteiger partial charge in [-0.2, -0.15) is 0 Å². The summed E-state index contributed by atoms with van der Waals surface area (Å²) in [6.45, 7) is 8.58. The van der Waals surface area contributed by atoms with Gasteiger partial charge < -0.3 is 30.7 Å². The lowest BCUT2D eigenvalue weighted by Crippen LogP contribution is -2.35. The van der Waals surface area contributed by atoms with Gasteiger partial charge in [-0.1, -0.05) is 121 Å². The van der Waals surface area contributed by atoms with E-state index in [-0.39, 0.29) is 12.1 Å². The van der Waals surface area contributed by atoms with Gasteiger partial charge in [-0.3, -0.25) is 19.8 Å². The van der Waals surface area contributed by atoms with Crippen LogP contribution in [0.2, 0.25) is 0 Å². The predicted octanol–water partition coefficient (Wildman–Crippen LogP) is 11.9. The molecule has 9 aromatic rings. The van der Waals surface area contributed by atoms with Gasteiger partial charge in [0.05, 0.1) is 49.2 Å². The molecule has 2 aliphatic rings. The van der Waals surface area contributed by atoms with Crippen molar-refractivity contribution >= 4 is 67.1 Å². The lowest BCUT2D eigenvalue weighted by Gasteiger charge is -2.26. The predicted molar refractivity (Wildman–Crippen MR) is 282 cm³/mol. The second-order valence-corrected chi connectivity index (χ2v) is 17.4. The molecule has 7 aromatic carbocycles. The first kappa shape index (κ1) is 45.8. The van der Waals surface area contributed by atoms with Crippen molar-refractivity contribution in [1.82, 2.24) is 19.8 Å². The monoisotopic (exact) mass is 926 g/mol. The number of fused-ring (bicyclic) bond motifs is 3. The normalized spacial score (nSPS) is 14.1. The number of nitrogens with zero attached hydrogens (tertiary/aromatic N) is 4. The second-order valence-electron chi connectivity index (χ2n) is 17.4. The SMILES string of the molecule is O=C(Nc1ccc2ccccc2c1)Nc1ccc(-c2ccc(CN3CCOCC3)nc2)c2ccccc12.O=C(Nc1ccccc1)Nc1ccc(-c2ccc(CN3CCOCC3)nc2)c2ccccc12. The average Bonchev–Trinajstić information content (AvgIpc) is 3.40. The summed E-state index contributed by atoms with van der Waals surface area (Å²) in [5.41, 5.74) is 9.41. The zero-order valence-corrected chi connectivity index (χ0v) is 38.8. The summed E-state index contributed by atoms with van der Waals surface area (Å²) in [4.78, 5) is 39.6. The molecule has 2 fully saturated rings.